The van der Waals surface area contributed by atoms with Crippen molar-refractivity contribution in [1.29, 1.82) is 0 Å². The number of aromatic nitrogens is 3. The first kappa shape index (κ1) is 24.4. The van der Waals surface area contributed by atoms with Crippen LogP contribution in [0.2, 0.25) is 0 Å². The predicted octanol–water partition coefficient (Wildman–Crippen LogP) is 4.45. The van der Waals surface area contributed by atoms with Crippen LogP contribution in [0.1, 0.15) is 51.4 Å². The second kappa shape index (κ2) is 11.2. The number of halogens is 1. The zero-order valence-corrected chi connectivity index (χ0v) is 20.9. The van der Waals surface area contributed by atoms with Crippen LogP contribution >= 0.6 is 0 Å². The van der Waals surface area contributed by atoms with Crippen LogP contribution in [-0.4, -0.2) is 73.3 Å². The number of methoxy groups -OCH3 is 1. The molecule has 34 heavy (non-hydrogen) atoms. The first-order valence-corrected chi connectivity index (χ1v) is 12.5. The lowest BCUT2D eigenvalue weighted by Crippen LogP contribution is -2.42. The molecule has 4 rings (SSSR count). The minimum absolute atomic E-state index is 0.214. The number of rotatable bonds is 7. The third-order valence-corrected chi connectivity index (χ3v) is 7.17. The van der Waals surface area contributed by atoms with Gasteiger partial charge in [0.25, 0.3) is 0 Å². The summed E-state index contributed by atoms with van der Waals surface area (Å²) >= 11 is 0. The lowest BCUT2D eigenvalue weighted by molar-refractivity contribution is 0.252. The van der Waals surface area contributed by atoms with Crippen LogP contribution in [0, 0.1) is 5.82 Å². The van der Waals surface area contributed by atoms with Crippen molar-refractivity contribution < 1.29 is 9.13 Å². The van der Waals surface area contributed by atoms with Crippen LogP contribution in [-0.2, 0) is 0 Å². The molecule has 9 heteroatoms. The Morgan fingerprint density at radius 3 is 2.29 bits per heavy atom. The van der Waals surface area contributed by atoms with Gasteiger partial charge in [-0.15, -0.1) is 0 Å². The van der Waals surface area contributed by atoms with Gasteiger partial charge < -0.3 is 24.8 Å². The molecule has 1 saturated heterocycles. The quantitative estimate of drug-likeness (QED) is 0.594. The summed E-state index contributed by atoms with van der Waals surface area (Å²) < 4.78 is 19.5. The molecule has 1 aliphatic heterocycles. The van der Waals surface area contributed by atoms with Crippen molar-refractivity contribution in [2.75, 3.05) is 56.5 Å². The molecule has 0 spiro atoms. The van der Waals surface area contributed by atoms with Gasteiger partial charge in [-0.1, -0.05) is 25.7 Å². The van der Waals surface area contributed by atoms with E-state index in [0.717, 1.165) is 38.8 Å². The molecule has 1 saturated carbocycles. The number of likely N-dealkylation sites (tertiary alicyclic amines) is 1. The number of nitrogens with zero attached hydrogens (tertiary/aromatic N) is 6. The molecule has 0 amide bonds. The molecular formula is C25H38FN7O. The van der Waals surface area contributed by atoms with Crippen LogP contribution in [0.3, 0.4) is 0 Å². The van der Waals surface area contributed by atoms with E-state index in [1.54, 1.807) is 11.0 Å². The van der Waals surface area contributed by atoms with Gasteiger partial charge in [-0.25, -0.2) is 4.39 Å². The molecule has 186 valence electrons. The van der Waals surface area contributed by atoms with Gasteiger partial charge in [-0.05, 0) is 58.0 Å². The normalized spacial score (nSPS) is 18.4. The minimum atomic E-state index is -0.415. The Hall–Kier alpha value is -2.68. The molecule has 0 radical (unpaired) electrons. The average Bonchev–Trinajstić information content (AvgIpc) is 3.12. The van der Waals surface area contributed by atoms with E-state index < -0.39 is 5.82 Å². The van der Waals surface area contributed by atoms with E-state index in [0.29, 0.717) is 35.6 Å². The molecule has 2 aliphatic rings. The summed E-state index contributed by atoms with van der Waals surface area (Å²) in [7, 11) is 7.54. The summed E-state index contributed by atoms with van der Waals surface area (Å²) in [6, 6.07) is 5.62. The number of anilines is 4. The number of benzene rings is 1. The summed E-state index contributed by atoms with van der Waals surface area (Å²) in [5, 5.41) is 3.58. The standard InChI is InChI=1S/C25H38FN7O/c1-31-15-13-19(14-16-31)32(2)24-28-23(27-18-9-7-5-6-8-10-18)29-25(30-24)33(3)20-11-12-22(34-4)21(26)17-20/h11-12,17-19H,5-10,13-16H2,1-4H3,(H,27,28,29,30). The molecular weight excluding hydrogens is 433 g/mol. The molecule has 0 bridgehead atoms. The number of hydrogen-bond donors (Lipinski definition) is 1. The monoisotopic (exact) mass is 471 g/mol. The fourth-order valence-corrected chi connectivity index (χ4v) is 4.86. The van der Waals surface area contributed by atoms with Gasteiger partial charge in [0.05, 0.1) is 7.11 Å². The van der Waals surface area contributed by atoms with Crippen LogP contribution in [0.25, 0.3) is 0 Å². The third-order valence-electron chi connectivity index (χ3n) is 7.17. The maximum absolute atomic E-state index is 14.4. The molecule has 2 fully saturated rings. The van der Waals surface area contributed by atoms with Crippen LogP contribution in [0.4, 0.5) is 27.9 Å². The van der Waals surface area contributed by atoms with E-state index in [2.05, 4.69) is 29.2 Å². The van der Waals surface area contributed by atoms with Crippen molar-refractivity contribution in [1.82, 2.24) is 19.9 Å². The lowest BCUT2D eigenvalue weighted by atomic mass is 10.0. The molecule has 8 nitrogen and oxygen atoms in total. The highest BCUT2D eigenvalue weighted by Gasteiger charge is 2.25. The highest BCUT2D eigenvalue weighted by atomic mass is 19.1. The number of hydrogen-bond acceptors (Lipinski definition) is 8. The van der Waals surface area contributed by atoms with E-state index in [1.807, 2.05) is 13.1 Å². The lowest BCUT2D eigenvalue weighted by Gasteiger charge is -2.35. The zero-order chi connectivity index (χ0) is 24.1. The molecule has 1 aromatic carbocycles. The van der Waals surface area contributed by atoms with Crippen LogP contribution in [0.15, 0.2) is 18.2 Å². The second-order valence-corrected chi connectivity index (χ2v) is 9.62. The third kappa shape index (κ3) is 5.87. The fraction of sp³-hybridized carbons (Fsp3) is 0.640. The number of piperidine rings is 1. The zero-order valence-electron chi connectivity index (χ0n) is 20.9. The van der Waals surface area contributed by atoms with Crippen LogP contribution < -0.4 is 19.9 Å². The van der Waals surface area contributed by atoms with Gasteiger partial charge in [-0.2, -0.15) is 15.0 Å². The highest BCUT2D eigenvalue weighted by molar-refractivity contribution is 5.60. The van der Waals surface area contributed by atoms with E-state index in [1.165, 1.54) is 38.9 Å². The molecule has 2 aromatic rings. The number of ether oxygens (including phenoxy) is 1. The predicted molar refractivity (Wildman–Crippen MR) is 135 cm³/mol. The Bertz CT molecular complexity index is 943. The highest BCUT2D eigenvalue weighted by Crippen LogP contribution is 2.29. The molecule has 1 aliphatic carbocycles. The van der Waals surface area contributed by atoms with Crippen molar-refractivity contribution in [2.45, 2.75) is 63.5 Å². The van der Waals surface area contributed by atoms with Crippen molar-refractivity contribution in [2.24, 2.45) is 0 Å². The Kier molecular flexibility index (Phi) is 8.03. The molecule has 0 unspecified atom stereocenters. The Morgan fingerprint density at radius 2 is 1.65 bits per heavy atom. The summed E-state index contributed by atoms with van der Waals surface area (Å²) in [5.41, 5.74) is 0.651. The van der Waals surface area contributed by atoms with Gasteiger partial charge in [-0.3, -0.25) is 0 Å². The van der Waals surface area contributed by atoms with E-state index in [4.69, 9.17) is 19.7 Å². The van der Waals surface area contributed by atoms with Gasteiger partial charge >= 0.3 is 0 Å². The fourth-order valence-electron chi connectivity index (χ4n) is 4.86. The van der Waals surface area contributed by atoms with E-state index in [-0.39, 0.29) is 5.75 Å². The average molecular weight is 472 g/mol. The minimum Gasteiger partial charge on any atom is -0.494 e. The molecule has 1 N–H and O–H groups in total. The maximum atomic E-state index is 14.4. The SMILES string of the molecule is COc1ccc(N(C)c2nc(NC3CCCCCC3)nc(N(C)C3CCN(C)CC3)n2)cc1F. The van der Waals surface area contributed by atoms with Gasteiger partial charge in [0.2, 0.25) is 17.8 Å². The van der Waals surface area contributed by atoms with Crippen molar-refractivity contribution >= 4 is 23.5 Å². The van der Waals surface area contributed by atoms with E-state index in [9.17, 15) is 4.39 Å². The summed E-state index contributed by atoms with van der Waals surface area (Å²) in [6.45, 7) is 2.12. The summed E-state index contributed by atoms with van der Waals surface area (Å²) in [4.78, 5) is 20.7. The first-order valence-electron chi connectivity index (χ1n) is 12.5. The summed E-state index contributed by atoms with van der Waals surface area (Å²) in [5.74, 6) is 1.53. The maximum Gasteiger partial charge on any atom is 0.236 e. The van der Waals surface area contributed by atoms with E-state index >= 15 is 0 Å². The smallest absolute Gasteiger partial charge is 0.236 e. The Labute approximate surface area is 202 Å². The largest absolute Gasteiger partial charge is 0.494 e. The van der Waals surface area contributed by atoms with Crippen LogP contribution in [0.5, 0.6) is 5.75 Å². The van der Waals surface area contributed by atoms with Crippen molar-refractivity contribution in [3.63, 3.8) is 0 Å². The molecule has 1 aromatic heterocycles. The molecule has 0 atom stereocenters. The van der Waals surface area contributed by atoms with Gasteiger partial charge in [0.1, 0.15) is 0 Å². The Balaban J connectivity index is 1.63. The van der Waals surface area contributed by atoms with Crippen molar-refractivity contribution in [3.8, 4) is 5.75 Å². The van der Waals surface area contributed by atoms with Crippen molar-refractivity contribution in [3.05, 3.63) is 24.0 Å². The second-order valence-electron chi connectivity index (χ2n) is 9.62. The topological polar surface area (TPSA) is 69.7 Å². The summed E-state index contributed by atoms with van der Waals surface area (Å²) in [6.07, 6.45) is 9.41. The number of nitrogens with one attached hydrogen (secondary N) is 1. The molecule has 2 heterocycles. The van der Waals surface area contributed by atoms with Gasteiger partial charge in [0, 0.05) is 37.9 Å². The Morgan fingerprint density at radius 1 is 0.971 bits per heavy atom. The first-order chi connectivity index (χ1) is 16.4. The van der Waals surface area contributed by atoms with Gasteiger partial charge in [0.15, 0.2) is 11.6 Å².